The Morgan fingerprint density at radius 3 is 2.40 bits per heavy atom. The molecule has 114 valence electrons. The SMILES string of the molecule is CCn1cnc(S(=O)(=O)NC(C)(C(=O)O)C(F)(F)F)c1. The lowest BCUT2D eigenvalue weighted by atomic mass is 10.0. The monoisotopic (exact) mass is 315 g/mol. The van der Waals surface area contributed by atoms with Gasteiger partial charge in [-0.25, -0.2) is 18.2 Å². The summed E-state index contributed by atoms with van der Waals surface area (Å²) in [6.45, 7) is 2.25. The zero-order valence-corrected chi connectivity index (χ0v) is 11.3. The molecule has 1 aromatic rings. The molecule has 0 aliphatic heterocycles. The summed E-state index contributed by atoms with van der Waals surface area (Å²) in [6, 6.07) is 0. The fourth-order valence-electron chi connectivity index (χ4n) is 1.20. The Bertz CT molecular complexity index is 610. The maximum absolute atomic E-state index is 12.7. The summed E-state index contributed by atoms with van der Waals surface area (Å²) >= 11 is 0. The van der Waals surface area contributed by atoms with Crippen LogP contribution in [0.4, 0.5) is 13.2 Å². The number of hydrogen-bond donors (Lipinski definition) is 2. The minimum absolute atomic E-state index is 0.226. The molecule has 0 radical (unpaired) electrons. The number of nitrogens with zero attached hydrogens (tertiary/aromatic N) is 2. The van der Waals surface area contributed by atoms with E-state index in [1.54, 1.807) is 6.92 Å². The third-order valence-electron chi connectivity index (χ3n) is 2.58. The molecule has 2 N–H and O–H groups in total. The van der Waals surface area contributed by atoms with Crippen LogP contribution >= 0.6 is 0 Å². The number of imidazole rings is 1. The Balaban J connectivity index is 3.20. The van der Waals surface area contributed by atoms with Gasteiger partial charge in [-0.1, -0.05) is 0 Å². The lowest BCUT2D eigenvalue weighted by Crippen LogP contribution is -2.61. The third-order valence-corrected chi connectivity index (χ3v) is 4.02. The molecule has 0 saturated carbocycles. The smallest absolute Gasteiger partial charge is 0.418 e. The first kappa shape index (κ1) is 16.4. The molecule has 1 atom stereocenters. The highest BCUT2D eigenvalue weighted by Gasteiger charge is 2.59. The van der Waals surface area contributed by atoms with Crippen LogP contribution in [0, 0.1) is 0 Å². The van der Waals surface area contributed by atoms with Crippen LogP contribution in [-0.4, -0.2) is 40.8 Å². The molecule has 0 aliphatic carbocycles. The van der Waals surface area contributed by atoms with E-state index in [0.29, 0.717) is 6.54 Å². The standard InChI is InChI=1S/C9H12F3N3O4S/c1-3-15-4-6(13-5-15)20(18,19)14-8(2,7(16)17)9(10,11)12/h4-5,14H,3H2,1-2H3,(H,16,17). The van der Waals surface area contributed by atoms with Crippen molar-refractivity contribution in [3.8, 4) is 0 Å². The van der Waals surface area contributed by atoms with Crippen LogP contribution in [0.2, 0.25) is 0 Å². The van der Waals surface area contributed by atoms with Gasteiger partial charge in [-0.05, 0) is 13.8 Å². The van der Waals surface area contributed by atoms with Crippen molar-refractivity contribution in [2.24, 2.45) is 0 Å². The third kappa shape index (κ3) is 2.93. The van der Waals surface area contributed by atoms with E-state index in [9.17, 15) is 26.4 Å². The zero-order valence-electron chi connectivity index (χ0n) is 10.5. The number of aromatic nitrogens is 2. The molecule has 0 fully saturated rings. The van der Waals surface area contributed by atoms with Gasteiger partial charge in [-0.3, -0.25) is 0 Å². The highest BCUT2D eigenvalue weighted by Crippen LogP contribution is 2.31. The summed E-state index contributed by atoms with van der Waals surface area (Å²) < 4.78 is 64.2. The molecule has 1 unspecified atom stereocenters. The van der Waals surface area contributed by atoms with Crippen LogP contribution in [0.3, 0.4) is 0 Å². The van der Waals surface area contributed by atoms with E-state index in [4.69, 9.17) is 5.11 Å². The second kappa shape index (κ2) is 5.05. The summed E-state index contributed by atoms with van der Waals surface area (Å²) in [5, 5.41) is 7.97. The lowest BCUT2D eigenvalue weighted by Gasteiger charge is -2.27. The largest absolute Gasteiger partial charge is 0.480 e. The summed E-state index contributed by atoms with van der Waals surface area (Å²) in [4.78, 5) is 14.2. The molecule has 0 spiro atoms. The lowest BCUT2D eigenvalue weighted by molar-refractivity contribution is -0.201. The van der Waals surface area contributed by atoms with Crippen molar-refractivity contribution in [3.63, 3.8) is 0 Å². The van der Waals surface area contributed by atoms with Gasteiger partial charge in [0.1, 0.15) is 0 Å². The van der Waals surface area contributed by atoms with Crippen LogP contribution in [-0.2, 0) is 21.4 Å². The van der Waals surface area contributed by atoms with Crippen molar-refractivity contribution in [2.45, 2.75) is 37.1 Å². The molecule has 1 aromatic heterocycles. The van der Waals surface area contributed by atoms with Gasteiger partial charge in [0.15, 0.2) is 5.03 Å². The molecule has 0 aliphatic rings. The van der Waals surface area contributed by atoms with Crippen molar-refractivity contribution in [1.82, 2.24) is 14.3 Å². The summed E-state index contributed by atoms with van der Waals surface area (Å²) in [6.07, 6.45) is -3.19. The van der Waals surface area contributed by atoms with Crippen molar-refractivity contribution < 1.29 is 31.5 Å². The van der Waals surface area contributed by atoms with Crippen LogP contribution in [0.25, 0.3) is 0 Å². The molecule has 0 amide bonds. The number of sulfonamides is 1. The van der Waals surface area contributed by atoms with Crippen LogP contribution in [0.1, 0.15) is 13.8 Å². The van der Waals surface area contributed by atoms with Gasteiger partial charge in [-0.2, -0.15) is 17.9 Å². The summed E-state index contributed by atoms with van der Waals surface area (Å²) in [5.41, 5.74) is -3.64. The van der Waals surface area contributed by atoms with Gasteiger partial charge in [0, 0.05) is 12.7 Å². The quantitative estimate of drug-likeness (QED) is 0.828. The van der Waals surface area contributed by atoms with E-state index in [0.717, 1.165) is 17.2 Å². The number of aryl methyl sites for hydroxylation is 1. The Labute approximate surface area is 112 Å². The number of hydrogen-bond acceptors (Lipinski definition) is 4. The molecule has 7 nitrogen and oxygen atoms in total. The number of carboxylic acids is 1. The van der Waals surface area contributed by atoms with Crippen molar-refractivity contribution >= 4 is 16.0 Å². The number of rotatable bonds is 5. The number of nitrogens with one attached hydrogen (secondary N) is 1. The second-order valence-electron chi connectivity index (χ2n) is 4.08. The molecular formula is C9H12F3N3O4S. The minimum Gasteiger partial charge on any atom is -0.480 e. The normalized spacial score (nSPS) is 15.8. The molecule has 0 bridgehead atoms. The number of carboxylic acid groups (broad SMARTS) is 1. The van der Waals surface area contributed by atoms with Gasteiger partial charge in [0.05, 0.1) is 6.33 Å². The van der Waals surface area contributed by atoms with E-state index in [2.05, 4.69) is 4.98 Å². The number of halogens is 3. The molecule has 20 heavy (non-hydrogen) atoms. The number of alkyl halides is 3. The van der Waals surface area contributed by atoms with E-state index in [1.165, 1.54) is 4.57 Å². The summed E-state index contributed by atoms with van der Waals surface area (Å²) in [7, 11) is -4.72. The first-order valence-electron chi connectivity index (χ1n) is 5.30. The average molecular weight is 315 g/mol. The Morgan fingerprint density at radius 1 is 1.50 bits per heavy atom. The minimum atomic E-state index is -5.31. The summed E-state index contributed by atoms with van der Waals surface area (Å²) in [5.74, 6) is -2.36. The molecular weight excluding hydrogens is 303 g/mol. The zero-order chi connectivity index (χ0) is 15.8. The van der Waals surface area contributed by atoms with Gasteiger partial charge in [0.25, 0.3) is 10.0 Å². The number of aliphatic carboxylic acids is 1. The molecule has 1 rings (SSSR count). The highest BCUT2D eigenvalue weighted by atomic mass is 32.2. The van der Waals surface area contributed by atoms with Crippen molar-refractivity contribution in [3.05, 3.63) is 12.5 Å². The Kier molecular flexibility index (Phi) is 4.15. The van der Waals surface area contributed by atoms with Gasteiger partial charge in [-0.15, -0.1) is 0 Å². The van der Waals surface area contributed by atoms with Crippen LogP contribution < -0.4 is 4.72 Å². The maximum atomic E-state index is 12.7. The highest BCUT2D eigenvalue weighted by molar-refractivity contribution is 7.89. The topological polar surface area (TPSA) is 101 Å². The van der Waals surface area contributed by atoms with Gasteiger partial charge < -0.3 is 9.67 Å². The van der Waals surface area contributed by atoms with Gasteiger partial charge in [0.2, 0.25) is 5.54 Å². The molecule has 11 heteroatoms. The van der Waals surface area contributed by atoms with E-state index >= 15 is 0 Å². The van der Waals surface area contributed by atoms with E-state index in [-0.39, 0.29) is 6.92 Å². The molecule has 0 aromatic carbocycles. The molecule has 1 heterocycles. The van der Waals surface area contributed by atoms with E-state index in [1.807, 2.05) is 0 Å². The Morgan fingerprint density at radius 2 is 2.05 bits per heavy atom. The fourth-order valence-corrected chi connectivity index (χ4v) is 2.50. The number of carbonyl (C=O) groups is 1. The molecule has 0 saturated heterocycles. The van der Waals surface area contributed by atoms with Crippen LogP contribution in [0.15, 0.2) is 17.6 Å². The van der Waals surface area contributed by atoms with Gasteiger partial charge >= 0.3 is 12.1 Å². The van der Waals surface area contributed by atoms with Crippen molar-refractivity contribution in [2.75, 3.05) is 0 Å². The van der Waals surface area contributed by atoms with Crippen molar-refractivity contribution in [1.29, 1.82) is 0 Å². The second-order valence-corrected chi connectivity index (χ2v) is 5.71. The fraction of sp³-hybridized carbons (Fsp3) is 0.556. The Hall–Kier alpha value is -1.62. The first-order chi connectivity index (χ1) is 8.94. The average Bonchev–Trinajstić information content (AvgIpc) is 2.75. The predicted molar refractivity (Wildman–Crippen MR) is 60.3 cm³/mol. The first-order valence-corrected chi connectivity index (χ1v) is 6.78. The predicted octanol–water partition coefficient (Wildman–Crippen LogP) is 0.587. The maximum Gasteiger partial charge on any atom is 0.418 e. The van der Waals surface area contributed by atoms with E-state index < -0.39 is 32.7 Å². The van der Waals surface area contributed by atoms with Crippen LogP contribution in [0.5, 0.6) is 0 Å².